The van der Waals surface area contributed by atoms with Crippen molar-refractivity contribution in [1.82, 2.24) is 14.7 Å². The molecule has 0 saturated carbocycles. The van der Waals surface area contributed by atoms with Crippen LogP contribution >= 0.6 is 0 Å². The maximum atomic E-state index is 14.4. The van der Waals surface area contributed by atoms with E-state index in [1.54, 1.807) is 0 Å². The molecule has 9 heteroatoms. The summed E-state index contributed by atoms with van der Waals surface area (Å²) in [6, 6.07) is 13.0. The number of pyridine rings is 1. The monoisotopic (exact) mass is 448 g/mol. The molecular formula is C24H18F2N4O3. The van der Waals surface area contributed by atoms with Crippen molar-refractivity contribution in [2.75, 3.05) is 5.32 Å². The van der Waals surface area contributed by atoms with Gasteiger partial charge < -0.3 is 15.7 Å². The van der Waals surface area contributed by atoms with E-state index < -0.39 is 35.6 Å². The number of rotatable bonds is 4. The summed E-state index contributed by atoms with van der Waals surface area (Å²) in [5.74, 6) is -2.55. The highest BCUT2D eigenvalue weighted by Crippen LogP contribution is 2.31. The van der Waals surface area contributed by atoms with Gasteiger partial charge in [-0.1, -0.05) is 24.3 Å². The van der Waals surface area contributed by atoms with Gasteiger partial charge in [0.1, 0.15) is 23.0 Å². The van der Waals surface area contributed by atoms with E-state index in [-0.39, 0.29) is 16.9 Å². The number of carbonyl (C=O) groups excluding carboxylic acids is 2. The lowest BCUT2D eigenvalue weighted by Crippen LogP contribution is -2.34. The highest BCUT2D eigenvalue weighted by atomic mass is 19.1. The number of amides is 2. The molecule has 0 fully saturated rings. The van der Waals surface area contributed by atoms with Gasteiger partial charge in [-0.2, -0.15) is 0 Å². The molecule has 166 valence electrons. The Morgan fingerprint density at radius 3 is 2.73 bits per heavy atom. The number of hydrogen-bond acceptors (Lipinski definition) is 4. The van der Waals surface area contributed by atoms with Gasteiger partial charge in [-0.3, -0.25) is 14.0 Å². The topological polar surface area (TPSA) is 95.7 Å². The molecule has 2 aromatic carbocycles. The van der Waals surface area contributed by atoms with Crippen molar-refractivity contribution in [3.8, 4) is 0 Å². The third-order valence-electron chi connectivity index (χ3n) is 5.67. The van der Waals surface area contributed by atoms with E-state index in [9.17, 15) is 23.5 Å². The number of nitrogens with zero attached hydrogens (tertiary/aromatic N) is 2. The van der Waals surface area contributed by atoms with Crippen molar-refractivity contribution >= 4 is 23.1 Å². The predicted octanol–water partition coefficient (Wildman–Crippen LogP) is 3.25. The number of halogens is 2. The number of benzene rings is 2. The first kappa shape index (κ1) is 20.8. The molecule has 0 aliphatic heterocycles. The molecule has 0 radical (unpaired) electrons. The van der Waals surface area contributed by atoms with Crippen LogP contribution in [0.5, 0.6) is 0 Å². The molecule has 0 saturated heterocycles. The summed E-state index contributed by atoms with van der Waals surface area (Å²) < 4.78 is 29.2. The number of carbonyl (C=O) groups is 2. The SMILES string of the molecule is O=C(NC1c2ccccc2CC1O)c1ccc(F)c(NC(=O)c2cnc3ccc(F)cn23)c1. The van der Waals surface area contributed by atoms with Gasteiger partial charge in [-0.05, 0) is 41.5 Å². The average molecular weight is 448 g/mol. The summed E-state index contributed by atoms with van der Waals surface area (Å²) >= 11 is 0. The Kier molecular flexibility index (Phi) is 5.10. The molecule has 1 aliphatic carbocycles. The number of nitrogens with one attached hydrogen (secondary N) is 2. The van der Waals surface area contributed by atoms with E-state index in [1.807, 2.05) is 24.3 Å². The maximum absolute atomic E-state index is 14.4. The second-order valence-corrected chi connectivity index (χ2v) is 7.79. The summed E-state index contributed by atoms with van der Waals surface area (Å²) in [4.78, 5) is 29.6. The number of aromatic nitrogens is 2. The van der Waals surface area contributed by atoms with Crippen LogP contribution in [0.2, 0.25) is 0 Å². The van der Waals surface area contributed by atoms with Gasteiger partial charge in [-0.15, -0.1) is 0 Å². The molecule has 5 rings (SSSR count). The van der Waals surface area contributed by atoms with E-state index in [0.29, 0.717) is 12.1 Å². The summed E-state index contributed by atoms with van der Waals surface area (Å²) in [6.07, 6.45) is 1.99. The first-order chi connectivity index (χ1) is 15.9. The quantitative estimate of drug-likeness (QED) is 0.447. The Morgan fingerprint density at radius 1 is 1.06 bits per heavy atom. The Bertz CT molecular complexity index is 1400. The van der Waals surface area contributed by atoms with Crippen LogP contribution in [0.15, 0.2) is 67.0 Å². The fourth-order valence-corrected chi connectivity index (χ4v) is 4.04. The molecule has 7 nitrogen and oxygen atoms in total. The van der Waals surface area contributed by atoms with Crippen LogP contribution in [-0.4, -0.2) is 32.4 Å². The number of aliphatic hydroxyl groups excluding tert-OH is 1. The van der Waals surface area contributed by atoms with Gasteiger partial charge >= 0.3 is 0 Å². The van der Waals surface area contributed by atoms with Crippen molar-refractivity contribution in [2.24, 2.45) is 0 Å². The van der Waals surface area contributed by atoms with Gasteiger partial charge in [0.2, 0.25) is 0 Å². The standard InChI is InChI=1S/C24H18F2N4O3/c25-15-6-8-21-27-11-19(30(21)12-15)24(33)28-18-9-14(5-7-17(18)26)23(32)29-22-16-4-2-1-3-13(16)10-20(22)31/h1-9,11-12,20,22,31H,10H2,(H,28,33)(H,29,32). The average Bonchev–Trinajstić information content (AvgIpc) is 3.35. The number of imidazole rings is 1. The minimum absolute atomic E-state index is 0.00411. The van der Waals surface area contributed by atoms with Crippen molar-refractivity contribution in [2.45, 2.75) is 18.6 Å². The second kappa shape index (κ2) is 8.10. The lowest BCUT2D eigenvalue weighted by atomic mass is 10.1. The van der Waals surface area contributed by atoms with Crippen LogP contribution in [0.1, 0.15) is 38.0 Å². The Morgan fingerprint density at radius 2 is 1.88 bits per heavy atom. The van der Waals surface area contributed by atoms with Gasteiger partial charge in [0.05, 0.1) is 24.0 Å². The third-order valence-corrected chi connectivity index (χ3v) is 5.67. The Balaban J connectivity index is 1.37. The summed E-state index contributed by atoms with van der Waals surface area (Å²) in [5, 5.41) is 15.6. The first-order valence-electron chi connectivity index (χ1n) is 10.2. The van der Waals surface area contributed by atoms with Crippen molar-refractivity contribution < 1.29 is 23.5 Å². The molecule has 2 aromatic heterocycles. The highest BCUT2D eigenvalue weighted by molar-refractivity contribution is 6.04. The fourth-order valence-electron chi connectivity index (χ4n) is 4.04. The molecule has 1 aliphatic rings. The van der Waals surface area contributed by atoms with E-state index in [1.165, 1.54) is 34.9 Å². The van der Waals surface area contributed by atoms with Crippen molar-refractivity contribution in [1.29, 1.82) is 0 Å². The molecule has 4 aromatic rings. The normalized spacial score (nSPS) is 17.1. The van der Waals surface area contributed by atoms with Gasteiger partial charge in [0.25, 0.3) is 11.8 Å². The number of fused-ring (bicyclic) bond motifs is 2. The largest absolute Gasteiger partial charge is 0.390 e. The lowest BCUT2D eigenvalue weighted by molar-refractivity contribution is 0.0857. The molecule has 2 amide bonds. The van der Waals surface area contributed by atoms with E-state index >= 15 is 0 Å². The van der Waals surface area contributed by atoms with Crippen LogP contribution < -0.4 is 10.6 Å². The molecule has 33 heavy (non-hydrogen) atoms. The molecule has 3 N–H and O–H groups in total. The minimum atomic E-state index is -0.776. The maximum Gasteiger partial charge on any atom is 0.274 e. The summed E-state index contributed by atoms with van der Waals surface area (Å²) in [7, 11) is 0. The molecular weight excluding hydrogens is 430 g/mol. The predicted molar refractivity (Wildman–Crippen MR) is 116 cm³/mol. The first-order valence-corrected chi connectivity index (χ1v) is 10.2. The van der Waals surface area contributed by atoms with Crippen LogP contribution in [0.4, 0.5) is 14.5 Å². The number of hydrogen-bond donors (Lipinski definition) is 3. The zero-order chi connectivity index (χ0) is 23.1. The summed E-state index contributed by atoms with van der Waals surface area (Å²) in [6.45, 7) is 0. The van der Waals surface area contributed by atoms with Crippen LogP contribution in [-0.2, 0) is 6.42 Å². The van der Waals surface area contributed by atoms with Crippen LogP contribution in [0.25, 0.3) is 5.65 Å². The molecule has 2 unspecified atom stereocenters. The molecule has 2 heterocycles. The van der Waals surface area contributed by atoms with Gasteiger partial charge in [-0.25, -0.2) is 13.8 Å². The van der Waals surface area contributed by atoms with E-state index in [2.05, 4.69) is 15.6 Å². The zero-order valence-corrected chi connectivity index (χ0v) is 17.1. The second-order valence-electron chi connectivity index (χ2n) is 7.79. The van der Waals surface area contributed by atoms with Crippen LogP contribution in [0, 0.1) is 11.6 Å². The molecule has 2 atom stereocenters. The number of aliphatic hydroxyl groups is 1. The number of anilines is 1. The molecule has 0 spiro atoms. The van der Waals surface area contributed by atoms with Crippen molar-refractivity contribution in [3.05, 3.63) is 101 Å². The van der Waals surface area contributed by atoms with Crippen molar-refractivity contribution in [3.63, 3.8) is 0 Å². The highest BCUT2D eigenvalue weighted by Gasteiger charge is 2.32. The summed E-state index contributed by atoms with van der Waals surface area (Å²) in [5.41, 5.74) is 2.02. The van der Waals surface area contributed by atoms with E-state index in [4.69, 9.17) is 0 Å². The third kappa shape index (κ3) is 3.83. The van der Waals surface area contributed by atoms with Gasteiger partial charge in [0, 0.05) is 18.2 Å². The Labute approximate surface area is 186 Å². The minimum Gasteiger partial charge on any atom is -0.390 e. The zero-order valence-electron chi connectivity index (χ0n) is 17.1. The smallest absolute Gasteiger partial charge is 0.274 e. The fraction of sp³-hybridized carbons (Fsp3) is 0.125. The van der Waals surface area contributed by atoms with E-state index in [0.717, 1.165) is 23.4 Å². The van der Waals surface area contributed by atoms with Gasteiger partial charge in [0.15, 0.2) is 0 Å². The molecule has 0 bridgehead atoms. The lowest BCUT2D eigenvalue weighted by Gasteiger charge is -2.18. The Hall–Kier alpha value is -4.11. The van der Waals surface area contributed by atoms with Crippen LogP contribution in [0.3, 0.4) is 0 Å².